The van der Waals surface area contributed by atoms with Crippen molar-refractivity contribution in [1.29, 1.82) is 0 Å². The molecule has 1 aliphatic rings. The van der Waals surface area contributed by atoms with E-state index in [9.17, 15) is 4.79 Å². The van der Waals surface area contributed by atoms with Crippen molar-refractivity contribution in [2.75, 3.05) is 0 Å². The van der Waals surface area contributed by atoms with E-state index < -0.39 is 5.60 Å². The van der Waals surface area contributed by atoms with Crippen molar-refractivity contribution in [3.05, 3.63) is 35.9 Å². The van der Waals surface area contributed by atoms with Gasteiger partial charge in [-0.05, 0) is 52.0 Å². The van der Waals surface area contributed by atoms with Gasteiger partial charge in [-0.1, -0.05) is 30.3 Å². The molecule has 0 aliphatic heterocycles. The first-order chi connectivity index (χ1) is 10.3. The molecule has 0 spiro atoms. The highest BCUT2D eigenvalue weighted by Gasteiger charge is 2.30. The van der Waals surface area contributed by atoms with Crippen LogP contribution in [-0.2, 0) is 11.3 Å². The topological polar surface area (TPSA) is 55.6 Å². The summed E-state index contributed by atoms with van der Waals surface area (Å²) in [5.74, 6) is 0. The minimum absolute atomic E-state index is 0.217. The van der Waals surface area contributed by atoms with Crippen LogP contribution in [-0.4, -0.2) is 28.7 Å². The van der Waals surface area contributed by atoms with Gasteiger partial charge in [-0.3, -0.25) is 0 Å². The Morgan fingerprint density at radius 2 is 1.77 bits per heavy atom. The van der Waals surface area contributed by atoms with Gasteiger partial charge < -0.3 is 15.4 Å². The van der Waals surface area contributed by atoms with Crippen molar-refractivity contribution in [3.63, 3.8) is 0 Å². The molecule has 122 valence electrons. The van der Waals surface area contributed by atoms with E-state index in [2.05, 4.69) is 0 Å². The monoisotopic (exact) mass is 304 g/mol. The van der Waals surface area contributed by atoms with Crippen molar-refractivity contribution in [3.8, 4) is 0 Å². The van der Waals surface area contributed by atoms with Gasteiger partial charge in [0.2, 0.25) is 0 Å². The summed E-state index contributed by atoms with van der Waals surface area (Å²) >= 11 is 0. The second kappa shape index (κ2) is 7.14. The van der Waals surface area contributed by atoms with E-state index in [1.165, 1.54) is 0 Å². The minimum Gasteiger partial charge on any atom is -0.444 e. The SMILES string of the molecule is CC(C)(C)OC(=O)N(Cc1ccccc1)C1CCC(N)CC1. The van der Waals surface area contributed by atoms with Gasteiger partial charge in [-0.15, -0.1) is 0 Å². The van der Waals surface area contributed by atoms with Crippen molar-refractivity contribution in [2.24, 2.45) is 5.73 Å². The molecule has 1 amide bonds. The van der Waals surface area contributed by atoms with Gasteiger partial charge in [0, 0.05) is 18.6 Å². The number of rotatable bonds is 3. The lowest BCUT2D eigenvalue weighted by atomic mass is 9.90. The van der Waals surface area contributed by atoms with E-state index in [0.717, 1.165) is 31.2 Å². The molecule has 2 rings (SSSR count). The van der Waals surface area contributed by atoms with E-state index in [0.29, 0.717) is 6.54 Å². The Bertz CT molecular complexity index is 474. The van der Waals surface area contributed by atoms with Crippen LogP contribution in [0.5, 0.6) is 0 Å². The average Bonchev–Trinajstić information content (AvgIpc) is 2.45. The summed E-state index contributed by atoms with van der Waals surface area (Å²) in [4.78, 5) is 14.5. The quantitative estimate of drug-likeness (QED) is 0.926. The van der Waals surface area contributed by atoms with Crippen LogP contribution in [0.2, 0.25) is 0 Å². The molecule has 0 radical (unpaired) electrons. The smallest absolute Gasteiger partial charge is 0.410 e. The molecular weight excluding hydrogens is 276 g/mol. The maximum atomic E-state index is 12.6. The van der Waals surface area contributed by atoms with Crippen LogP contribution < -0.4 is 5.73 Å². The largest absolute Gasteiger partial charge is 0.444 e. The lowest BCUT2D eigenvalue weighted by Gasteiger charge is -2.37. The highest BCUT2D eigenvalue weighted by atomic mass is 16.6. The Labute approximate surface area is 133 Å². The first-order valence-corrected chi connectivity index (χ1v) is 8.14. The van der Waals surface area contributed by atoms with Crippen LogP contribution in [0, 0.1) is 0 Å². The molecule has 22 heavy (non-hydrogen) atoms. The summed E-state index contributed by atoms with van der Waals surface area (Å²) in [6, 6.07) is 10.6. The maximum Gasteiger partial charge on any atom is 0.410 e. The third kappa shape index (κ3) is 5.02. The first kappa shape index (κ1) is 16.8. The fraction of sp³-hybridized carbons (Fsp3) is 0.611. The van der Waals surface area contributed by atoms with Crippen molar-refractivity contribution in [1.82, 2.24) is 4.90 Å². The fourth-order valence-electron chi connectivity index (χ4n) is 2.86. The van der Waals surface area contributed by atoms with Gasteiger partial charge in [-0.2, -0.15) is 0 Å². The summed E-state index contributed by atoms with van der Waals surface area (Å²) in [6.45, 7) is 6.31. The Morgan fingerprint density at radius 1 is 1.18 bits per heavy atom. The van der Waals surface area contributed by atoms with Gasteiger partial charge >= 0.3 is 6.09 Å². The van der Waals surface area contributed by atoms with Gasteiger partial charge in [-0.25, -0.2) is 4.79 Å². The van der Waals surface area contributed by atoms with Gasteiger partial charge in [0.25, 0.3) is 0 Å². The molecule has 1 aromatic carbocycles. The van der Waals surface area contributed by atoms with E-state index >= 15 is 0 Å². The number of benzene rings is 1. The summed E-state index contributed by atoms with van der Waals surface area (Å²) in [6.07, 6.45) is 3.62. The van der Waals surface area contributed by atoms with Crippen molar-refractivity contribution >= 4 is 6.09 Å². The number of carbonyl (C=O) groups excluding carboxylic acids is 1. The Morgan fingerprint density at radius 3 is 2.32 bits per heavy atom. The van der Waals surface area contributed by atoms with E-state index in [1.54, 1.807) is 0 Å². The second-order valence-corrected chi connectivity index (χ2v) is 7.16. The second-order valence-electron chi connectivity index (χ2n) is 7.16. The molecule has 0 saturated heterocycles. The molecule has 1 aliphatic carbocycles. The maximum absolute atomic E-state index is 12.6. The number of carbonyl (C=O) groups is 1. The number of ether oxygens (including phenoxy) is 1. The lowest BCUT2D eigenvalue weighted by Crippen LogP contribution is -2.45. The molecule has 1 saturated carbocycles. The van der Waals surface area contributed by atoms with E-state index in [1.807, 2.05) is 56.0 Å². The standard InChI is InChI=1S/C18H28N2O2/c1-18(2,3)22-17(21)20(13-14-7-5-4-6-8-14)16-11-9-15(19)10-12-16/h4-8,15-16H,9-13,19H2,1-3H3. The Balaban J connectivity index is 2.11. The zero-order valence-electron chi connectivity index (χ0n) is 13.9. The number of hydrogen-bond donors (Lipinski definition) is 1. The summed E-state index contributed by atoms with van der Waals surface area (Å²) < 4.78 is 5.61. The van der Waals surface area contributed by atoms with E-state index in [-0.39, 0.29) is 18.2 Å². The molecule has 1 fully saturated rings. The first-order valence-electron chi connectivity index (χ1n) is 8.14. The summed E-state index contributed by atoms with van der Waals surface area (Å²) in [5, 5.41) is 0. The van der Waals surface area contributed by atoms with Gasteiger partial charge in [0.1, 0.15) is 5.60 Å². The lowest BCUT2D eigenvalue weighted by molar-refractivity contribution is 0.00928. The van der Waals surface area contributed by atoms with Crippen LogP contribution in [0.1, 0.15) is 52.0 Å². The van der Waals surface area contributed by atoms with Crippen LogP contribution in [0.15, 0.2) is 30.3 Å². The number of hydrogen-bond acceptors (Lipinski definition) is 3. The predicted octanol–water partition coefficient (Wildman–Crippen LogP) is 3.69. The number of nitrogens with zero attached hydrogens (tertiary/aromatic N) is 1. The molecular formula is C18H28N2O2. The molecule has 0 bridgehead atoms. The Kier molecular flexibility index (Phi) is 5.46. The van der Waals surface area contributed by atoms with E-state index in [4.69, 9.17) is 10.5 Å². The zero-order valence-corrected chi connectivity index (χ0v) is 13.9. The molecule has 0 unspecified atom stereocenters. The third-order valence-electron chi connectivity index (χ3n) is 4.01. The van der Waals surface area contributed by atoms with Crippen molar-refractivity contribution < 1.29 is 9.53 Å². The van der Waals surface area contributed by atoms with Gasteiger partial charge in [0.15, 0.2) is 0 Å². The summed E-state index contributed by atoms with van der Waals surface area (Å²) in [7, 11) is 0. The van der Waals surface area contributed by atoms with Crippen LogP contribution in [0.3, 0.4) is 0 Å². The molecule has 0 aromatic heterocycles. The molecule has 0 atom stereocenters. The highest BCUT2D eigenvalue weighted by molar-refractivity contribution is 5.68. The fourth-order valence-corrected chi connectivity index (χ4v) is 2.86. The van der Waals surface area contributed by atoms with Gasteiger partial charge in [0.05, 0.1) is 0 Å². The molecule has 1 aromatic rings. The minimum atomic E-state index is -0.475. The average molecular weight is 304 g/mol. The zero-order chi connectivity index (χ0) is 16.2. The summed E-state index contributed by atoms with van der Waals surface area (Å²) in [5.41, 5.74) is 6.65. The van der Waals surface area contributed by atoms with Crippen LogP contribution >= 0.6 is 0 Å². The molecule has 4 nitrogen and oxygen atoms in total. The Hall–Kier alpha value is -1.55. The van der Waals surface area contributed by atoms with Crippen LogP contribution in [0.25, 0.3) is 0 Å². The van der Waals surface area contributed by atoms with Crippen molar-refractivity contribution in [2.45, 2.75) is 70.7 Å². The third-order valence-corrected chi connectivity index (χ3v) is 4.01. The number of nitrogens with two attached hydrogens (primary N) is 1. The molecule has 4 heteroatoms. The highest BCUT2D eigenvalue weighted by Crippen LogP contribution is 2.25. The molecule has 0 heterocycles. The number of amides is 1. The molecule has 2 N–H and O–H groups in total. The normalized spacial score (nSPS) is 22.2. The van der Waals surface area contributed by atoms with Crippen LogP contribution in [0.4, 0.5) is 4.79 Å². The predicted molar refractivity (Wildman–Crippen MR) is 88.5 cm³/mol.